The second kappa shape index (κ2) is 6.17. The topological polar surface area (TPSA) is 28.9 Å². The van der Waals surface area contributed by atoms with Crippen molar-refractivity contribution in [1.82, 2.24) is 4.98 Å². The monoisotopic (exact) mass is 353 g/mol. The number of hydrogen-bond acceptors (Lipinski definition) is 1. The number of furan rings is 1. The molecule has 1 aliphatic rings. The van der Waals surface area contributed by atoms with Crippen LogP contribution in [0.4, 0.5) is 0 Å². The Hall–Kier alpha value is -3.26. The maximum absolute atomic E-state index is 6.14. The number of nitrogens with one attached hydrogen (secondary N) is 1. The highest BCUT2D eigenvalue weighted by Crippen LogP contribution is 2.41. The molecule has 0 saturated carbocycles. The SMILES string of the molecule is C=CC(=C)C1=c2c(c(C=C)[nH]/c2=C/C)/C(=C\C)c2cccc3oc(C)c1c23. The molecular weight excluding hydrogens is 330 g/mol. The zero-order chi connectivity index (χ0) is 19.3. The van der Waals surface area contributed by atoms with Gasteiger partial charge in [0.15, 0.2) is 0 Å². The van der Waals surface area contributed by atoms with Gasteiger partial charge >= 0.3 is 0 Å². The predicted molar refractivity (Wildman–Crippen MR) is 116 cm³/mol. The fourth-order valence-corrected chi connectivity index (χ4v) is 4.22. The summed E-state index contributed by atoms with van der Waals surface area (Å²) in [6.07, 6.45) is 7.97. The highest BCUT2D eigenvalue weighted by atomic mass is 16.3. The lowest BCUT2D eigenvalue weighted by molar-refractivity contribution is 0.577. The molecule has 134 valence electrons. The van der Waals surface area contributed by atoms with Crippen LogP contribution in [-0.4, -0.2) is 4.98 Å². The molecule has 0 spiro atoms. The van der Waals surface area contributed by atoms with Crippen molar-refractivity contribution in [3.8, 4) is 0 Å². The first-order valence-corrected chi connectivity index (χ1v) is 9.13. The van der Waals surface area contributed by atoms with E-state index in [9.17, 15) is 0 Å². The minimum absolute atomic E-state index is 0.881. The van der Waals surface area contributed by atoms with Gasteiger partial charge in [-0.15, -0.1) is 0 Å². The van der Waals surface area contributed by atoms with Crippen molar-refractivity contribution >= 4 is 34.3 Å². The first-order valence-electron chi connectivity index (χ1n) is 9.13. The van der Waals surface area contributed by atoms with Gasteiger partial charge in [0.2, 0.25) is 0 Å². The van der Waals surface area contributed by atoms with E-state index in [2.05, 4.69) is 49.9 Å². The molecule has 0 unspecified atom stereocenters. The lowest BCUT2D eigenvalue weighted by Gasteiger charge is -2.08. The van der Waals surface area contributed by atoms with Gasteiger partial charge in [-0.1, -0.05) is 50.1 Å². The third-order valence-electron chi connectivity index (χ3n) is 5.36. The van der Waals surface area contributed by atoms with E-state index in [4.69, 9.17) is 4.42 Å². The number of aromatic nitrogens is 1. The van der Waals surface area contributed by atoms with E-state index in [0.29, 0.717) is 0 Å². The Morgan fingerprint density at radius 1 is 1.11 bits per heavy atom. The first kappa shape index (κ1) is 17.2. The molecule has 2 heterocycles. The summed E-state index contributed by atoms with van der Waals surface area (Å²) in [5.74, 6) is 0.891. The van der Waals surface area contributed by atoms with Crippen molar-refractivity contribution in [1.29, 1.82) is 0 Å². The Bertz CT molecular complexity index is 1290. The Balaban J connectivity index is 2.44. The molecule has 0 saturated heterocycles. The number of aromatic amines is 1. The molecule has 2 heteroatoms. The molecule has 3 aromatic rings. The average molecular weight is 353 g/mol. The van der Waals surface area contributed by atoms with Crippen LogP contribution >= 0.6 is 0 Å². The van der Waals surface area contributed by atoms with Crippen LogP contribution in [0.1, 0.15) is 42.0 Å². The van der Waals surface area contributed by atoms with E-state index in [-0.39, 0.29) is 0 Å². The quantitative estimate of drug-likeness (QED) is 0.643. The van der Waals surface area contributed by atoms with Gasteiger partial charge in [-0.25, -0.2) is 0 Å². The molecule has 4 rings (SSSR count). The van der Waals surface area contributed by atoms with Crippen LogP contribution in [0.25, 0.3) is 34.3 Å². The summed E-state index contributed by atoms with van der Waals surface area (Å²) in [5.41, 5.74) is 8.44. The van der Waals surface area contributed by atoms with Crippen molar-refractivity contribution in [2.24, 2.45) is 0 Å². The van der Waals surface area contributed by atoms with Gasteiger partial charge in [-0.05, 0) is 49.6 Å². The van der Waals surface area contributed by atoms with E-state index in [1.54, 1.807) is 0 Å². The standard InChI is InChI=1S/C25H23NO/c1-7-14(5)21-22-15(6)27-20-13-11-12-17(24(20)22)16(8-2)23-18(9-3)26-19(10-4)25(21)23/h7-13,26H,1,3,5H2,2,4,6H3/b16-8-,19-10+. The summed E-state index contributed by atoms with van der Waals surface area (Å²) < 4.78 is 6.14. The molecule has 0 atom stereocenters. The van der Waals surface area contributed by atoms with Gasteiger partial charge < -0.3 is 9.40 Å². The maximum Gasteiger partial charge on any atom is 0.135 e. The largest absolute Gasteiger partial charge is 0.461 e. The first-order chi connectivity index (χ1) is 13.1. The summed E-state index contributed by atoms with van der Waals surface area (Å²) in [6.45, 7) is 18.5. The summed E-state index contributed by atoms with van der Waals surface area (Å²) in [6, 6.07) is 6.24. The van der Waals surface area contributed by atoms with Crippen LogP contribution in [0.15, 0.2) is 60.1 Å². The highest BCUT2D eigenvalue weighted by molar-refractivity contribution is 6.08. The summed E-state index contributed by atoms with van der Waals surface area (Å²) in [5, 5.41) is 3.32. The van der Waals surface area contributed by atoms with Gasteiger partial charge in [0.05, 0.1) is 0 Å². The van der Waals surface area contributed by atoms with Crippen LogP contribution in [0.2, 0.25) is 0 Å². The number of aryl methyl sites for hydroxylation is 1. The van der Waals surface area contributed by atoms with Crippen molar-refractivity contribution in [2.45, 2.75) is 20.8 Å². The molecular formula is C25H23NO. The van der Waals surface area contributed by atoms with Gasteiger partial charge in [0, 0.05) is 38.3 Å². The van der Waals surface area contributed by atoms with Gasteiger partial charge in [0.1, 0.15) is 11.3 Å². The van der Waals surface area contributed by atoms with Crippen LogP contribution in [0.3, 0.4) is 0 Å². The zero-order valence-electron chi connectivity index (χ0n) is 16.1. The smallest absolute Gasteiger partial charge is 0.135 e. The molecule has 0 amide bonds. The predicted octanol–water partition coefficient (Wildman–Crippen LogP) is 5.22. The number of benzene rings is 1. The molecule has 27 heavy (non-hydrogen) atoms. The number of hydrogen-bond donors (Lipinski definition) is 1. The third kappa shape index (κ3) is 2.20. The third-order valence-corrected chi connectivity index (χ3v) is 5.36. The molecule has 1 N–H and O–H groups in total. The van der Waals surface area contributed by atoms with E-state index in [1.807, 2.05) is 38.1 Å². The summed E-state index contributed by atoms with van der Waals surface area (Å²) in [7, 11) is 0. The number of rotatable bonds is 3. The molecule has 0 radical (unpaired) electrons. The minimum Gasteiger partial charge on any atom is -0.461 e. The molecule has 0 bridgehead atoms. The van der Waals surface area contributed by atoms with E-state index < -0.39 is 0 Å². The van der Waals surface area contributed by atoms with Crippen LogP contribution in [-0.2, 0) is 0 Å². The fraction of sp³-hybridized carbons (Fsp3) is 0.120. The molecule has 1 aromatic carbocycles. The molecule has 2 nitrogen and oxygen atoms in total. The molecule has 2 aromatic heterocycles. The number of H-pyrrole nitrogens is 1. The van der Waals surface area contributed by atoms with Crippen LogP contribution in [0.5, 0.6) is 0 Å². The lowest BCUT2D eigenvalue weighted by Crippen LogP contribution is -2.28. The van der Waals surface area contributed by atoms with Crippen molar-refractivity contribution < 1.29 is 4.42 Å². The Morgan fingerprint density at radius 3 is 2.52 bits per heavy atom. The minimum atomic E-state index is 0.881. The van der Waals surface area contributed by atoms with Gasteiger partial charge in [0.25, 0.3) is 0 Å². The van der Waals surface area contributed by atoms with E-state index in [1.165, 1.54) is 11.1 Å². The van der Waals surface area contributed by atoms with Crippen molar-refractivity contribution in [2.75, 3.05) is 0 Å². The van der Waals surface area contributed by atoms with Gasteiger partial charge in [-0.2, -0.15) is 0 Å². The maximum atomic E-state index is 6.14. The second-order valence-electron chi connectivity index (χ2n) is 6.71. The average Bonchev–Trinajstić information content (AvgIpc) is 3.17. The van der Waals surface area contributed by atoms with Crippen LogP contribution < -0.4 is 10.6 Å². The van der Waals surface area contributed by atoms with Crippen LogP contribution in [0, 0.1) is 6.92 Å². The number of fused-ring (bicyclic) bond motifs is 1. The fourth-order valence-electron chi connectivity index (χ4n) is 4.22. The Kier molecular flexibility index (Phi) is 3.92. The van der Waals surface area contributed by atoms with Crippen molar-refractivity contribution in [3.63, 3.8) is 0 Å². The van der Waals surface area contributed by atoms with E-state index in [0.717, 1.165) is 55.3 Å². The molecule has 0 aliphatic heterocycles. The number of allylic oxidation sites excluding steroid dienone is 3. The molecule has 0 fully saturated rings. The summed E-state index contributed by atoms with van der Waals surface area (Å²) >= 11 is 0. The van der Waals surface area contributed by atoms with Crippen molar-refractivity contribution in [3.05, 3.63) is 94.4 Å². The highest BCUT2D eigenvalue weighted by Gasteiger charge is 2.27. The van der Waals surface area contributed by atoms with Gasteiger partial charge in [-0.3, -0.25) is 0 Å². The molecule has 1 aliphatic carbocycles. The Labute approximate surface area is 159 Å². The Morgan fingerprint density at radius 2 is 1.89 bits per heavy atom. The zero-order valence-corrected chi connectivity index (χ0v) is 16.1. The normalized spacial score (nSPS) is 15.1. The van der Waals surface area contributed by atoms with E-state index >= 15 is 0 Å². The second-order valence-corrected chi connectivity index (χ2v) is 6.71. The summed E-state index contributed by atoms with van der Waals surface area (Å²) in [4.78, 5) is 3.53. The lowest BCUT2D eigenvalue weighted by atomic mass is 9.94.